The molecule has 0 amide bonds. The van der Waals surface area contributed by atoms with Crippen LogP contribution in [0.4, 0.5) is 11.4 Å². The molecular weight excluding hydrogens is 346 g/mol. The quantitative estimate of drug-likeness (QED) is 0.790. The zero-order chi connectivity index (χ0) is 15.7. The highest BCUT2D eigenvalue weighted by atomic mass is 79.9. The first-order valence-corrected chi connectivity index (χ1v) is 7.81. The smallest absolute Gasteiger partial charge is 0.107 e. The van der Waals surface area contributed by atoms with E-state index in [9.17, 15) is 0 Å². The molecule has 0 saturated heterocycles. The number of nitrogens with one attached hydrogen (secondary N) is 1. The Morgan fingerprint density at radius 3 is 2.24 bits per heavy atom. The number of pyridine rings is 1. The Morgan fingerprint density at radius 2 is 1.71 bits per heavy atom. The number of benzene rings is 1. The van der Waals surface area contributed by atoms with Crippen LogP contribution in [-0.2, 0) is 0 Å². The second-order valence-corrected chi connectivity index (χ2v) is 6.42. The largest absolute Gasteiger partial charge is 0.389 e. The first-order valence-electron chi connectivity index (χ1n) is 6.61. The molecule has 0 aliphatic heterocycles. The third-order valence-electron chi connectivity index (χ3n) is 3.29. The number of hydrogen-bond acceptors (Lipinski definition) is 3. The topological polar surface area (TPSA) is 50.9 Å². The zero-order valence-corrected chi connectivity index (χ0v) is 14.9. The van der Waals surface area contributed by atoms with Crippen molar-refractivity contribution in [3.05, 3.63) is 50.8 Å². The van der Waals surface area contributed by atoms with E-state index in [0.29, 0.717) is 4.99 Å². The summed E-state index contributed by atoms with van der Waals surface area (Å²) in [6.45, 7) is 8.02. The number of anilines is 2. The molecule has 3 nitrogen and oxygen atoms in total. The van der Waals surface area contributed by atoms with Crippen molar-refractivity contribution in [2.24, 2.45) is 5.73 Å². The van der Waals surface area contributed by atoms with Crippen LogP contribution in [0.3, 0.4) is 0 Å². The van der Waals surface area contributed by atoms with Gasteiger partial charge in [-0.25, -0.2) is 0 Å². The van der Waals surface area contributed by atoms with Gasteiger partial charge in [-0.1, -0.05) is 28.1 Å². The first-order chi connectivity index (χ1) is 9.79. The van der Waals surface area contributed by atoms with E-state index in [1.54, 1.807) is 0 Å². The number of halogens is 1. The van der Waals surface area contributed by atoms with E-state index >= 15 is 0 Å². The molecule has 0 unspecified atom stereocenters. The number of nitrogens with zero attached hydrogens (tertiary/aromatic N) is 1. The van der Waals surface area contributed by atoms with Gasteiger partial charge in [0.1, 0.15) is 4.99 Å². The van der Waals surface area contributed by atoms with Crippen LogP contribution < -0.4 is 11.1 Å². The van der Waals surface area contributed by atoms with Crippen LogP contribution in [0.25, 0.3) is 0 Å². The fourth-order valence-corrected chi connectivity index (χ4v) is 2.90. The minimum Gasteiger partial charge on any atom is -0.389 e. The van der Waals surface area contributed by atoms with Crippen LogP contribution in [0.1, 0.15) is 28.1 Å². The summed E-state index contributed by atoms with van der Waals surface area (Å²) in [6, 6.07) is 6.14. The molecule has 0 bridgehead atoms. The number of nitrogens with two attached hydrogens (primary N) is 1. The Labute approximate surface area is 139 Å². The molecule has 21 heavy (non-hydrogen) atoms. The molecule has 3 N–H and O–H groups in total. The van der Waals surface area contributed by atoms with Crippen molar-refractivity contribution in [1.82, 2.24) is 4.98 Å². The third kappa shape index (κ3) is 3.41. The normalized spacial score (nSPS) is 10.5. The molecule has 1 aromatic carbocycles. The van der Waals surface area contributed by atoms with E-state index < -0.39 is 0 Å². The van der Waals surface area contributed by atoms with Gasteiger partial charge in [-0.3, -0.25) is 4.98 Å². The highest BCUT2D eigenvalue weighted by molar-refractivity contribution is 9.10. The maximum atomic E-state index is 5.85. The van der Waals surface area contributed by atoms with E-state index in [0.717, 1.165) is 32.8 Å². The van der Waals surface area contributed by atoms with E-state index in [-0.39, 0.29) is 0 Å². The lowest BCUT2D eigenvalue weighted by atomic mass is 10.1. The molecule has 2 aromatic rings. The van der Waals surface area contributed by atoms with Gasteiger partial charge in [-0.2, -0.15) is 0 Å². The fraction of sp³-hybridized carbons (Fsp3) is 0.250. The zero-order valence-electron chi connectivity index (χ0n) is 12.5. The molecule has 0 aliphatic carbocycles. The summed E-state index contributed by atoms with van der Waals surface area (Å²) in [6.07, 6.45) is 0. The number of aromatic nitrogens is 1. The average molecular weight is 364 g/mol. The summed E-state index contributed by atoms with van der Waals surface area (Å²) in [5, 5.41) is 3.42. The Morgan fingerprint density at radius 1 is 1.14 bits per heavy atom. The van der Waals surface area contributed by atoms with Gasteiger partial charge < -0.3 is 11.1 Å². The standard InChI is InChI=1S/C16H18BrN3S/c1-8-5-12(6-9(2)15(8)17)20-13-7-10(3)19-11(4)14(13)16(18)21/h5-7H,1-4H3,(H2,18,21)(H,19,20). The maximum Gasteiger partial charge on any atom is 0.107 e. The molecule has 2 rings (SSSR count). The lowest BCUT2D eigenvalue weighted by molar-refractivity contribution is 1.11. The van der Waals surface area contributed by atoms with Crippen molar-refractivity contribution in [2.75, 3.05) is 5.32 Å². The summed E-state index contributed by atoms with van der Waals surface area (Å²) in [5.74, 6) is 0. The fourth-order valence-electron chi connectivity index (χ4n) is 2.41. The van der Waals surface area contributed by atoms with Gasteiger partial charge in [0, 0.05) is 21.5 Å². The molecular formula is C16H18BrN3S. The van der Waals surface area contributed by atoms with Gasteiger partial charge in [-0.05, 0) is 57.0 Å². The van der Waals surface area contributed by atoms with E-state index in [1.807, 2.05) is 19.9 Å². The summed E-state index contributed by atoms with van der Waals surface area (Å²) < 4.78 is 1.13. The van der Waals surface area contributed by atoms with Crippen molar-refractivity contribution >= 4 is 44.5 Å². The molecule has 5 heteroatoms. The van der Waals surface area contributed by atoms with Crippen molar-refractivity contribution < 1.29 is 0 Å². The highest BCUT2D eigenvalue weighted by Gasteiger charge is 2.12. The number of rotatable bonds is 3. The highest BCUT2D eigenvalue weighted by Crippen LogP contribution is 2.29. The van der Waals surface area contributed by atoms with Gasteiger partial charge in [-0.15, -0.1) is 0 Å². The number of hydrogen-bond donors (Lipinski definition) is 2. The predicted molar refractivity (Wildman–Crippen MR) is 96.5 cm³/mol. The maximum absolute atomic E-state index is 5.85. The van der Waals surface area contributed by atoms with Crippen LogP contribution in [-0.4, -0.2) is 9.97 Å². The van der Waals surface area contributed by atoms with Crippen molar-refractivity contribution in [3.8, 4) is 0 Å². The monoisotopic (exact) mass is 363 g/mol. The van der Waals surface area contributed by atoms with Crippen LogP contribution >= 0.6 is 28.1 Å². The Hall–Kier alpha value is -1.46. The summed E-state index contributed by atoms with van der Waals surface area (Å²) in [7, 11) is 0. The Bertz CT molecular complexity index is 703. The molecule has 0 radical (unpaired) electrons. The summed E-state index contributed by atoms with van der Waals surface area (Å²) in [5.41, 5.74) is 12.7. The summed E-state index contributed by atoms with van der Waals surface area (Å²) in [4.78, 5) is 4.79. The minimum atomic E-state index is 0.355. The van der Waals surface area contributed by atoms with Crippen molar-refractivity contribution in [3.63, 3.8) is 0 Å². The average Bonchev–Trinajstić information content (AvgIpc) is 2.34. The second-order valence-electron chi connectivity index (χ2n) is 5.18. The van der Waals surface area contributed by atoms with E-state index in [4.69, 9.17) is 18.0 Å². The van der Waals surface area contributed by atoms with Crippen LogP contribution in [0.15, 0.2) is 22.7 Å². The van der Waals surface area contributed by atoms with Gasteiger partial charge in [0.05, 0.1) is 11.3 Å². The van der Waals surface area contributed by atoms with E-state index in [1.165, 1.54) is 11.1 Å². The molecule has 0 spiro atoms. The van der Waals surface area contributed by atoms with Gasteiger partial charge >= 0.3 is 0 Å². The SMILES string of the molecule is Cc1cc(Nc2cc(C)c(Br)c(C)c2)c(C(N)=S)c(C)n1. The molecule has 1 aromatic heterocycles. The Kier molecular flexibility index (Phi) is 4.64. The van der Waals surface area contributed by atoms with Gasteiger partial charge in [0.15, 0.2) is 0 Å². The minimum absolute atomic E-state index is 0.355. The molecule has 0 aliphatic rings. The number of aryl methyl sites for hydroxylation is 4. The molecule has 0 atom stereocenters. The summed E-state index contributed by atoms with van der Waals surface area (Å²) >= 11 is 8.74. The van der Waals surface area contributed by atoms with E-state index in [2.05, 4.69) is 52.2 Å². The lowest BCUT2D eigenvalue weighted by Gasteiger charge is -2.16. The molecule has 110 valence electrons. The Balaban J connectivity index is 2.51. The lowest BCUT2D eigenvalue weighted by Crippen LogP contribution is -2.15. The van der Waals surface area contributed by atoms with Crippen molar-refractivity contribution in [2.45, 2.75) is 27.7 Å². The molecule has 0 saturated carbocycles. The van der Waals surface area contributed by atoms with Crippen LogP contribution in [0.2, 0.25) is 0 Å². The number of thiocarbonyl (C=S) groups is 1. The predicted octanol–water partition coefficient (Wildman–Crippen LogP) is 4.46. The molecule has 1 heterocycles. The van der Waals surface area contributed by atoms with Crippen LogP contribution in [0.5, 0.6) is 0 Å². The van der Waals surface area contributed by atoms with Crippen molar-refractivity contribution in [1.29, 1.82) is 0 Å². The first kappa shape index (κ1) is 15.9. The van der Waals surface area contributed by atoms with Gasteiger partial charge in [0.2, 0.25) is 0 Å². The second kappa shape index (κ2) is 6.12. The molecule has 0 fully saturated rings. The van der Waals surface area contributed by atoms with Crippen LogP contribution in [0, 0.1) is 27.7 Å². The van der Waals surface area contributed by atoms with Gasteiger partial charge in [0.25, 0.3) is 0 Å². The third-order valence-corrected chi connectivity index (χ3v) is 4.75.